The molecule has 3 aromatic rings. The first-order valence-corrected chi connectivity index (χ1v) is 11.0. The summed E-state index contributed by atoms with van der Waals surface area (Å²) in [6.45, 7) is 5.40. The van der Waals surface area contributed by atoms with Crippen molar-refractivity contribution in [1.29, 1.82) is 0 Å². The Hall–Kier alpha value is -2.49. The zero-order chi connectivity index (χ0) is 20.9. The lowest BCUT2D eigenvalue weighted by atomic mass is 9.96. The van der Waals surface area contributed by atoms with Crippen LogP contribution in [0.25, 0.3) is 0 Å². The molecule has 158 valence electrons. The molecule has 0 aliphatic carbocycles. The van der Waals surface area contributed by atoms with Crippen molar-refractivity contribution in [2.24, 2.45) is 5.92 Å². The van der Waals surface area contributed by atoms with E-state index in [9.17, 15) is 4.39 Å². The average molecular weight is 405 g/mol. The number of hydrogen-bond acceptors (Lipinski definition) is 2. The van der Waals surface area contributed by atoms with Crippen LogP contribution in [0.5, 0.6) is 0 Å². The first kappa shape index (κ1) is 22.2. The van der Waals surface area contributed by atoms with Crippen molar-refractivity contribution in [2.75, 3.05) is 26.2 Å². The van der Waals surface area contributed by atoms with Crippen LogP contribution in [0.15, 0.2) is 91.0 Å². The highest BCUT2D eigenvalue weighted by Gasteiger charge is 2.18. The van der Waals surface area contributed by atoms with E-state index in [0.717, 1.165) is 45.1 Å². The van der Waals surface area contributed by atoms with Gasteiger partial charge in [0.2, 0.25) is 0 Å². The van der Waals surface area contributed by atoms with E-state index in [1.165, 1.54) is 24.0 Å². The third-order valence-corrected chi connectivity index (χ3v) is 5.56. The molecule has 0 spiro atoms. The monoisotopic (exact) mass is 404 g/mol. The number of piperidine rings is 1. The highest BCUT2D eigenvalue weighted by molar-refractivity contribution is 5.16. The molecular weight excluding hydrogens is 371 g/mol. The van der Waals surface area contributed by atoms with Gasteiger partial charge in [-0.1, -0.05) is 78.9 Å². The molecule has 1 aliphatic rings. The van der Waals surface area contributed by atoms with Crippen molar-refractivity contribution in [2.45, 2.75) is 25.8 Å². The summed E-state index contributed by atoms with van der Waals surface area (Å²) in [7, 11) is 0. The van der Waals surface area contributed by atoms with Crippen molar-refractivity contribution < 1.29 is 4.39 Å². The van der Waals surface area contributed by atoms with Crippen molar-refractivity contribution in [1.82, 2.24) is 10.2 Å². The Morgan fingerprint density at radius 3 is 1.90 bits per heavy atom. The van der Waals surface area contributed by atoms with Gasteiger partial charge in [0, 0.05) is 6.54 Å². The fourth-order valence-corrected chi connectivity index (χ4v) is 3.77. The molecule has 0 unspecified atom stereocenters. The normalized spacial score (nSPS) is 14.7. The Labute approximate surface area is 180 Å². The molecule has 0 radical (unpaired) electrons. The zero-order valence-electron chi connectivity index (χ0n) is 17.7. The summed E-state index contributed by atoms with van der Waals surface area (Å²) >= 11 is 0. The van der Waals surface area contributed by atoms with E-state index >= 15 is 0 Å². The molecule has 1 saturated heterocycles. The topological polar surface area (TPSA) is 15.3 Å². The van der Waals surface area contributed by atoms with E-state index in [1.807, 2.05) is 48.5 Å². The summed E-state index contributed by atoms with van der Waals surface area (Å²) in [6, 6.07) is 29.6. The zero-order valence-corrected chi connectivity index (χ0v) is 17.7. The van der Waals surface area contributed by atoms with Gasteiger partial charge >= 0.3 is 0 Å². The van der Waals surface area contributed by atoms with Crippen LogP contribution in [0, 0.1) is 11.7 Å². The van der Waals surface area contributed by atoms with Gasteiger partial charge in [0.15, 0.2) is 0 Å². The summed E-state index contributed by atoms with van der Waals surface area (Å²) in [6.07, 6.45) is 3.60. The quantitative estimate of drug-likeness (QED) is 0.519. The van der Waals surface area contributed by atoms with Crippen molar-refractivity contribution in [3.05, 3.63) is 108 Å². The molecule has 2 nitrogen and oxygen atoms in total. The molecular formula is C27H33FN2. The van der Waals surface area contributed by atoms with Crippen LogP contribution in [0.3, 0.4) is 0 Å². The smallest absolute Gasteiger partial charge is 0.123 e. The van der Waals surface area contributed by atoms with Crippen LogP contribution in [0.1, 0.15) is 24.0 Å². The molecule has 0 bridgehead atoms. The van der Waals surface area contributed by atoms with Crippen LogP contribution < -0.4 is 5.32 Å². The maximum absolute atomic E-state index is 13.0. The Balaban J connectivity index is 0.000000367. The molecule has 0 amide bonds. The van der Waals surface area contributed by atoms with Gasteiger partial charge in [-0.25, -0.2) is 4.39 Å². The second-order valence-electron chi connectivity index (χ2n) is 7.94. The first-order valence-electron chi connectivity index (χ1n) is 11.0. The SMILES string of the molecule is Fc1ccc(CN2CCC(CNCCc3ccccc3)CC2)cc1.c1ccccc1. The van der Waals surface area contributed by atoms with Crippen molar-refractivity contribution in [3.8, 4) is 0 Å². The van der Waals surface area contributed by atoms with Gasteiger partial charge in [-0.3, -0.25) is 4.90 Å². The Morgan fingerprint density at radius 1 is 0.733 bits per heavy atom. The number of halogens is 1. The minimum atomic E-state index is -0.154. The molecule has 0 saturated carbocycles. The van der Waals surface area contributed by atoms with Gasteiger partial charge in [0.25, 0.3) is 0 Å². The van der Waals surface area contributed by atoms with E-state index < -0.39 is 0 Å². The Kier molecular flexibility index (Phi) is 9.58. The predicted octanol–water partition coefficient (Wildman–Crippen LogP) is 5.56. The summed E-state index contributed by atoms with van der Waals surface area (Å²) in [5.74, 6) is 0.629. The number of benzene rings is 3. The van der Waals surface area contributed by atoms with Gasteiger partial charge in [-0.2, -0.15) is 0 Å². The molecule has 1 aliphatic heterocycles. The summed E-state index contributed by atoms with van der Waals surface area (Å²) in [4.78, 5) is 2.48. The lowest BCUT2D eigenvalue weighted by Crippen LogP contribution is -2.37. The summed E-state index contributed by atoms with van der Waals surface area (Å²) in [5.41, 5.74) is 2.61. The molecule has 3 heteroatoms. The largest absolute Gasteiger partial charge is 0.316 e. The van der Waals surface area contributed by atoms with E-state index in [-0.39, 0.29) is 5.82 Å². The van der Waals surface area contributed by atoms with Crippen LogP contribution in [0.2, 0.25) is 0 Å². The second-order valence-corrected chi connectivity index (χ2v) is 7.94. The molecule has 1 N–H and O–H groups in total. The average Bonchev–Trinajstić information content (AvgIpc) is 2.82. The molecule has 0 atom stereocenters. The lowest BCUT2D eigenvalue weighted by Gasteiger charge is -2.32. The minimum Gasteiger partial charge on any atom is -0.316 e. The highest BCUT2D eigenvalue weighted by atomic mass is 19.1. The van der Waals surface area contributed by atoms with Gasteiger partial charge in [-0.15, -0.1) is 0 Å². The van der Waals surface area contributed by atoms with E-state index in [2.05, 4.69) is 40.5 Å². The fraction of sp³-hybridized carbons (Fsp3) is 0.333. The Morgan fingerprint density at radius 2 is 1.30 bits per heavy atom. The Bertz CT molecular complexity index is 771. The minimum absolute atomic E-state index is 0.154. The molecule has 30 heavy (non-hydrogen) atoms. The highest BCUT2D eigenvalue weighted by Crippen LogP contribution is 2.18. The molecule has 1 fully saturated rings. The van der Waals surface area contributed by atoms with E-state index in [0.29, 0.717) is 0 Å². The fourth-order valence-electron chi connectivity index (χ4n) is 3.77. The first-order chi connectivity index (χ1) is 14.8. The third-order valence-electron chi connectivity index (χ3n) is 5.56. The van der Waals surface area contributed by atoms with Crippen molar-refractivity contribution in [3.63, 3.8) is 0 Å². The third kappa shape index (κ3) is 8.48. The number of nitrogens with one attached hydrogen (secondary N) is 1. The maximum atomic E-state index is 13.0. The van der Waals surface area contributed by atoms with Crippen LogP contribution in [-0.4, -0.2) is 31.1 Å². The van der Waals surface area contributed by atoms with E-state index in [1.54, 1.807) is 12.1 Å². The molecule has 1 heterocycles. The van der Waals surface area contributed by atoms with Crippen LogP contribution >= 0.6 is 0 Å². The molecule has 4 rings (SSSR count). The predicted molar refractivity (Wildman–Crippen MR) is 124 cm³/mol. The van der Waals surface area contributed by atoms with Gasteiger partial charge in [0.1, 0.15) is 5.82 Å². The number of likely N-dealkylation sites (tertiary alicyclic amines) is 1. The lowest BCUT2D eigenvalue weighted by molar-refractivity contribution is 0.175. The van der Waals surface area contributed by atoms with Gasteiger partial charge in [0.05, 0.1) is 0 Å². The molecule has 3 aromatic carbocycles. The number of nitrogens with zero attached hydrogens (tertiary/aromatic N) is 1. The summed E-state index contributed by atoms with van der Waals surface area (Å²) < 4.78 is 13.0. The second kappa shape index (κ2) is 12.9. The molecule has 0 aromatic heterocycles. The number of hydrogen-bond donors (Lipinski definition) is 1. The van der Waals surface area contributed by atoms with Crippen LogP contribution in [-0.2, 0) is 13.0 Å². The van der Waals surface area contributed by atoms with E-state index in [4.69, 9.17) is 0 Å². The number of rotatable bonds is 7. The van der Waals surface area contributed by atoms with Crippen molar-refractivity contribution >= 4 is 0 Å². The van der Waals surface area contributed by atoms with Gasteiger partial charge in [-0.05, 0) is 74.6 Å². The standard InChI is InChI=1S/C21H27FN2.C6H6/c22-21-8-6-20(7-9-21)17-24-14-11-19(12-15-24)16-23-13-10-18-4-2-1-3-5-18;1-2-4-6-5-3-1/h1-9,19,23H,10-17H2;1-6H. The van der Waals surface area contributed by atoms with Crippen LogP contribution in [0.4, 0.5) is 4.39 Å². The summed E-state index contributed by atoms with van der Waals surface area (Å²) in [5, 5.41) is 3.61. The maximum Gasteiger partial charge on any atom is 0.123 e. The van der Waals surface area contributed by atoms with Gasteiger partial charge < -0.3 is 5.32 Å².